The number of fused-ring (bicyclic) bond motifs is 1. The van der Waals surface area contributed by atoms with Gasteiger partial charge in [-0.2, -0.15) is 0 Å². The lowest BCUT2D eigenvalue weighted by Crippen LogP contribution is -2.47. The highest BCUT2D eigenvalue weighted by atomic mass is 16.4. The number of carboxylic acid groups (broad SMARTS) is 1. The van der Waals surface area contributed by atoms with Crippen LogP contribution in [0.2, 0.25) is 0 Å². The van der Waals surface area contributed by atoms with Crippen LogP contribution in [0, 0.1) is 0 Å². The van der Waals surface area contributed by atoms with Gasteiger partial charge in [0.1, 0.15) is 18.1 Å². The Morgan fingerprint density at radius 1 is 1.09 bits per heavy atom. The number of aromatic nitrogens is 1. The minimum absolute atomic E-state index is 0.164. The fourth-order valence-corrected chi connectivity index (χ4v) is 3.89. The number of urea groups is 1. The van der Waals surface area contributed by atoms with E-state index < -0.39 is 24.3 Å². The number of amides is 2. The van der Waals surface area contributed by atoms with Gasteiger partial charge < -0.3 is 26.2 Å². The zero-order chi connectivity index (χ0) is 24.2. The Hall–Kier alpha value is -3.17. The highest BCUT2D eigenvalue weighted by Crippen LogP contribution is 2.20. The molecule has 1 aromatic heterocycles. The van der Waals surface area contributed by atoms with E-state index in [2.05, 4.69) is 38.4 Å². The molecule has 184 valence electrons. The molecule has 1 aliphatic rings. The number of rotatable bonds is 13. The van der Waals surface area contributed by atoms with E-state index in [0.717, 1.165) is 55.7 Å². The third kappa shape index (κ3) is 8.64. The van der Waals surface area contributed by atoms with Gasteiger partial charge in [0.15, 0.2) is 0 Å². The second-order valence-corrected chi connectivity index (χ2v) is 8.55. The van der Waals surface area contributed by atoms with Gasteiger partial charge in [-0.25, -0.2) is 14.6 Å². The van der Waals surface area contributed by atoms with Crippen molar-refractivity contribution >= 4 is 17.8 Å². The molecular weight excluding hydrogens is 434 g/mol. The predicted molar refractivity (Wildman–Crippen MR) is 130 cm³/mol. The summed E-state index contributed by atoms with van der Waals surface area (Å²) in [4.78, 5) is 28.2. The van der Waals surface area contributed by atoms with Gasteiger partial charge in [0.2, 0.25) is 0 Å². The Morgan fingerprint density at radius 3 is 2.71 bits per heavy atom. The summed E-state index contributed by atoms with van der Waals surface area (Å²) in [5.41, 5.74) is 3.25. The van der Waals surface area contributed by atoms with Gasteiger partial charge in [0, 0.05) is 25.3 Å². The van der Waals surface area contributed by atoms with Crippen LogP contribution in [0.15, 0.2) is 42.5 Å². The van der Waals surface area contributed by atoms with Crippen LogP contribution in [0.5, 0.6) is 0 Å². The van der Waals surface area contributed by atoms with Crippen molar-refractivity contribution in [2.75, 3.05) is 18.4 Å². The standard InChI is InChI=1S/C25H35N5O4/c31-22(11-5-4-10-20-13-12-19-9-6-15-27-23(19)29-20)26-16-14-21(24(32)33)30-25(34)28-17-18-7-2-1-3-8-18/h1-3,7-8,12-13,21-22,26,31H,4-6,9-11,14-17H2,(H,27,29)(H,32,33)(H2,28,30,34). The summed E-state index contributed by atoms with van der Waals surface area (Å²) in [6, 6.07) is 12.0. The number of aliphatic carboxylic acids is 1. The molecule has 3 rings (SSSR count). The average Bonchev–Trinajstić information content (AvgIpc) is 2.85. The summed E-state index contributed by atoms with van der Waals surface area (Å²) >= 11 is 0. The van der Waals surface area contributed by atoms with E-state index in [1.807, 2.05) is 30.3 Å². The van der Waals surface area contributed by atoms with Gasteiger partial charge in [-0.05, 0) is 62.1 Å². The van der Waals surface area contributed by atoms with Crippen molar-refractivity contribution in [3.05, 3.63) is 59.3 Å². The maximum absolute atomic E-state index is 12.0. The smallest absolute Gasteiger partial charge is 0.326 e. The number of unbranched alkanes of at least 4 members (excludes halogenated alkanes) is 1. The Bertz CT molecular complexity index is 925. The molecule has 0 saturated carbocycles. The number of carboxylic acids is 1. The number of carbonyl (C=O) groups excluding carboxylic acids is 1. The van der Waals surface area contributed by atoms with Gasteiger partial charge in [-0.15, -0.1) is 0 Å². The van der Waals surface area contributed by atoms with Crippen molar-refractivity contribution in [2.45, 2.75) is 63.8 Å². The molecule has 9 heteroatoms. The molecule has 2 heterocycles. The molecule has 34 heavy (non-hydrogen) atoms. The molecule has 6 N–H and O–H groups in total. The van der Waals surface area contributed by atoms with Crippen molar-refractivity contribution in [3.8, 4) is 0 Å². The first-order valence-electron chi connectivity index (χ1n) is 12.0. The van der Waals surface area contributed by atoms with Crippen LogP contribution in [0.25, 0.3) is 0 Å². The number of aliphatic hydroxyl groups excluding tert-OH is 1. The third-order valence-corrected chi connectivity index (χ3v) is 5.82. The molecule has 2 unspecified atom stereocenters. The zero-order valence-corrected chi connectivity index (χ0v) is 19.4. The highest BCUT2D eigenvalue weighted by molar-refractivity contribution is 5.82. The van der Waals surface area contributed by atoms with Crippen LogP contribution < -0.4 is 21.3 Å². The maximum atomic E-state index is 12.0. The molecule has 2 aromatic rings. The third-order valence-electron chi connectivity index (χ3n) is 5.82. The zero-order valence-electron chi connectivity index (χ0n) is 19.4. The number of benzene rings is 1. The van der Waals surface area contributed by atoms with E-state index in [1.165, 1.54) is 5.56 Å². The van der Waals surface area contributed by atoms with Gasteiger partial charge in [0.05, 0.1) is 0 Å². The minimum atomic E-state index is -1.11. The van der Waals surface area contributed by atoms with Crippen molar-refractivity contribution < 1.29 is 19.8 Å². The molecule has 9 nitrogen and oxygen atoms in total. The lowest BCUT2D eigenvalue weighted by molar-refractivity contribution is -0.139. The number of nitrogens with one attached hydrogen (secondary N) is 4. The topological polar surface area (TPSA) is 136 Å². The minimum Gasteiger partial charge on any atom is -0.480 e. The number of anilines is 1. The molecule has 0 aliphatic carbocycles. The van der Waals surface area contributed by atoms with E-state index in [9.17, 15) is 19.8 Å². The quantitative estimate of drug-likeness (QED) is 0.196. The van der Waals surface area contributed by atoms with E-state index in [0.29, 0.717) is 13.0 Å². The molecular formula is C25H35N5O4. The van der Waals surface area contributed by atoms with Crippen molar-refractivity contribution in [1.82, 2.24) is 20.9 Å². The average molecular weight is 470 g/mol. The molecule has 2 atom stereocenters. The fraction of sp³-hybridized carbons (Fsp3) is 0.480. The number of aryl methyl sites for hydroxylation is 2. The first-order chi connectivity index (χ1) is 16.5. The summed E-state index contributed by atoms with van der Waals surface area (Å²) in [7, 11) is 0. The number of carbonyl (C=O) groups is 2. The normalized spacial score (nSPS) is 14.4. The Kier molecular flexibility index (Phi) is 10.1. The first kappa shape index (κ1) is 25.5. The van der Waals surface area contributed by atoms with Crippen LogP contribution in [0.1, 0.15) is 48.9 Å². The van der Waals surface area contributed by atoms with E-state index in [1.54, 1.807) is 0 Å². The molecule has 1 aliphatic heterocycles. The Labute approximate surface area is 200 Å². The van der Waals surface area contributed by atoms with Crippen LogP contribution in [0.3, 0.4) is 0 Å². The summed E-state index contributed by atoms with van der Waals surface area (Å²) in [6.07, 6.45) is 4.80. The van der Waals surface area contributed by atoms with Crippen molar-refractivity contribution in [3.63, 3.8) is 0 Å². The van der Waals surface area contributed by atoms with Gasteiger partial charge in [0.25, 0.3) is 0 Å². The van der Waals surface area contributed by atoms with Gasteiger partial charge in [-0.3, -0.25) is 5.32 Å². The number of aliphatic hydroxyl groups is 1. The second-order valence-electron chi connectivity index (χ2n) is 8.55. The first-order valence-corrected chi connectivity index (χ1v) is 12.0. The van der Waals surface area contributed by atoms with Crippen LogP contribution in [-0.4, -0.2) is 52.6 Å². The fourth-order valence-electron chi connectivity index (χ4n) is 3.89. The lowest BCUT2D eigenvalue weighted by Gasteiger charge is -2.18. The summed E-state index contributed by atoms with van der Waals surface area (Å²) < 4.78 is 0. The van der Waals surface area contributed by atoms with E-state index in [4.69, 9.17) is 0 Å². The number of hydrogen-bond donors (Lipinski definition) is 6. The molecule has 1 aromatic carbocycles. The van der Waals surface area contributed by atoms with E-state index in [-0.39, 0.29) is 13.0 Å². The maximum Gasteiger partial charge on any atom is 0.326 e. The SMILES string of the molecule is O=C(NCc1ccccc1)NC(CCNC(O)CCCCc1ccc2c(n1)NCCC2)C(=O)O. The number of pyridine rings is 1. The lowest BCUT2D eigenvalue weighted by atomic mass is 10.1. The molecule has 0 radical (unpaired) electrons. The highest BCUT2D eigenvalue weighted by Gasteiger charge is 2.20. The van der Waals surface area contributed by atoms with Gasteiger partial charge >= 0.3 is 12.0 Å². The number of hydrogen-bond acceptors (Lipinski definition) is 6. The van der Waals surface area contributed by atoms with Crippen LogP contribution in [0.4, 0.5) is 10.6 Å². The second kappa shape index (κ2) is 13.5. The summed E-state index contributed by atoms with van der Waals surface area (Å²) in [5.74, 6) is -0.112. The van der Waals surface area contributed by atoms with Crippen LogP contribution in [-0.2, 0) is 24.2 Å². The molecule has 0 bridgehead atoms. The molecule has 2 amide bonds. The summed E-state index contributed by atoms with van der Waals surface area (Å²) in [5, 5.41) is 31.0. The van der Waals surface area contributed by atoms with Gasteiger partial charge in [-0.1, -0.05) is 36.4 Å². The van der Waals surface area contributed by atoms with Crippen molar-refractivity contribution in [2.24, 2.45) is 0 Å². The number of nitrogens with zero attached hydrogens (tertiary/aromatic N) is 1. The largest absolute Gasteiger partial charge is 0.480 e. The Balaban J connectivity index is 1.29. The monoisotopic (exact) mass is 469 g/mol. The van der Waals surface area contributed by atoms with E-state index >= 15 is 0 Å². The molecule has 0 spiro atoms. The molecule has 0 fully saturated rings. The summed E-state index contributed by atoms with van der Waals surface area (Å²) in [6.45, 7) is 1.56. The van der Waals surface area contributed by atoms with Crippen molar-refractivity contribution in [1.29, 1.82) is 0 Å². The van der Waals surface area contributed by atoms with Crippen LogP contribution >= 0.6 is 0 Å². The predicted octanol–water partition coefficient (Wildman–Crippen LogP) is 2.40. The Morgan fingerprint density at radius 2 is 1.91 bits per heavy atom. The molecule has 0 saturated heterocycles.